The second kappa shape index (κ2) is 6.36. The predicted molar refractivity (Wildman–Crippen MR) is 85.7 cm³/mol. The molecule has 0 spiro atoms. The lowest BCUT2D eigenvalue weighted by Gasteiger charge is -2.22. The molecule has 0 aromatic carbocycles. The first-order chi connectivity index (χ1) is 9.68. The number of hydrogen-bond donors (Lipinski definition) is 1. The molecular formula is C18H34N2. The molecule has 2 saturated carbocycles. The lowest BCUT2D eigenvalue weighted by Crippen LogP contribution is -2.33. The monoisotopic (exact) mass is 278 g/mol. The molecule has 2 nitrogen and oxygen atoms in total. The quantitative estimate of drug-likeness (QED) is 0.738. The summed E-state index contributed by atoms with van der Waals surface area (Å²) >= 11 is 0. The van der Waals surface area contributed by atoms with Crippen molar-refractivity contribution in [3.8, 4) is 0 Å². The van der Waals surface area contributed by atoms with Crippen LogP contribution in [0.5, 0.6) is 0 Å². The van der Waals surface area contributed by atoms with Gasteiger partial charge in [-0.25, -0.2) is 0 Å². The van der Waals surface area contributed by atoms with Gasteiger partial charge in [0.2, 0.25) is 0 Å². The van der Waals surface area contributed by atoms with Crippen molar-refractivity contribution in [2.24, 2.45) is 17.3 Å². The molecule has 20 heavy (non-hydrogen) atoms. The van der Waals surface area contributed by atoms with Crippen LogP contribution in [0.15, 0.2) is 0 Å². The summed E-state index contributed by atoms with van der Waals surface area (Å²) in [4.78, 5) is 2.42. The third kappa shape index (κ3) is 3.39. The van der Waals surface area contributed by atoms with E-state index in [4.69, 9.17) is 0 Å². The van der Waals surface area contributed by atoms with Crippen molar-refractivity contribution < 1.29 is 0 Å². The fourth-order valence-electron chi connectivity index (χ4n) is 4.78. The molecule has 3 atom stereocenters. The summed E-state index contributed by atoms with van der Waals surface area (Å²) in [6.45, 7) is 4.87. The molecule has 2 heteroatoms. The Kier molecular flexibility index (Phi) is 4.72. The molecule has 1 aliphatic heterocycles. The number of nitrogens with zero attached hydrogens (tertiary/aromatic N) is 1. The molecule has 3 aliphatic rings. The summed E-state index contributed by atoms with van der Waals surface area (Å²) in [7, 11) is 2.23. The van der Waals surface area contributed by atoms with Gasteiger partial charge < -0.3 is 0 Å². The summed E-state index contributed by atoms with van der Waals surface area (Å²) in [6, 6.07) is 0.760. The van der Waals surface area contributed by atoms with Gasteiger partial charge in [0.1, 0.15) is 0 Å². The minimum Gasteiger partial charge on any atom is -0.300 e. The molecule has 0 aromatic heterocycles. The minimum atomic E-state index is 0.621. The maximum absolute atomic E-state index is 3.71. The zero-order chi connectivity index (χ0) is 14.0. The van der Waals surface area contributed by atoms with E-state index in [2.05, 4.69) is 24.2 Å². The average Bonchev–Trinajstić information content (AvgIpc) is 2.91. The van der Waals surface area contributed by atoms with E-state index in [0.717, 1.165) is 24.5 Å². The summed E-state index contributed by atoms with van der Waals surface area (Å²) in [5, 5.41) is 3.71. The van der Waals surface area contributed by atoms with Crippen LogP contribution in [-0.4, -0.2) is 31.2 Å². The summed E-state index contributed by atoms with van der Waals surface area (Å²) < 4.78 is 0. The second-order valence-corrected chi connectivity index (χ2v) is 8.15. The number of unbranched alkanes of at least 4 members (excludes halogenated alkanes) is 1. The summed E-state index contributed by atoms with van der Waals surface area (Å²) in [5.74, 6) is 2.09. The van der Waals surface area contributed by atoms with Gasteiger partial charge in [-0.1, -0.05) is 58.3 Å². The zero-order valence-electron chi connectivity index (χ0n) is 13.7. The number of nitrogens with one attached hydrogen (secondary N) is 1. The van der Waals surface area contributed by atoms with Crippen LogP contribution in [0.3, 0.4) is 0 Å². The van der Waals surface area contributed by atoms with Gasteiger partial charge in [0.25, 0.3) is 0 Å². The fraction of sp³-hybridized carbons (Fsp3) is 1.00. The highest BCUT2D eigenvalue weighted by Gasteiger charge is 2.55. The zero-order valence-corrected chi connectivity index (χ0v) is 13.7. The number of hydrogen-bond acceptors (Lipinski definition) is 2. The number of rotatable bonds is 6. The van der Waals surface area contributed by atoms with Crippen molar-refractivity contribution >= 4 is 0 Å². The summed E-state index contributed by atoms with van der Waals surface area (Å²) in [6.07, 6.45) is 15.0. The van der Waals surface area contributed by atoms with Crippen LogP contribution in [-0.2, 0) is 0 Å². The van der Waals surface area contributed by atoms with Crippen LogP contribution in [0.4, 0.5) is 0 Å². The van der Waals surface area contributed by atoms with E-state index in [1.165, 1.54) is 70.8 Å². The molecule has 0 bridgehead atoms. The molecule has 116 valence electrons. The van der Waals surface area contributed by atoms with E-state index in [1.807, 2.05) is 0 Å². The smallest absolute Gasteiger partial charge is 0.0481 e. The molecule has 0 radical (unpaired) electrons. The van der Waals surface area contributed by atoms with E-state index in [0.29, 0.717) is 5.41 Å². The topological polar surface area (TPSA) is 15.3 Å². The normalized spacial score (nSPS) is 39.3. The predicted octanol–water partition coefficient (Wildman–Crippen LogP) is 4.01. The Bertz CT molecular complexity index is 311. The molecular weight excluding hydrogens is 244 g/mol. The molecule has 3 rings (SSSR count). The van der Waals surface area contributed by atoms with Crippen LogP contribution >= 0.6 is 0 Å². The third-order valence-electron chi connectivity index (χ3n) is 6.50. The van der Waals surface area contributed by atoms with Gasteiger partial charge >= 0.3 is 0 Å². The highest BCUT2D eigenvalue weighted by molar-refractivity contribution is 5.08. The van der Waals surface area contributed by atoms with Crippen molar-refractivity contribution in [3.63, 3.8) is 0 Å². The van der Waals surface area contributed by atoms with E-state index in [9.17, 15) is 0 Å². The third-order valence-corrected chi connectivity index (χ3v) is 6.50. The molecule has 2 unspecified atom stereocenters. The van der Waals surface area contributed by atoms with Gasteiger partial charge in [-0.3, -0.25) is 10.2 Å². The van der Waals surface area contributed by atoms with Crippen LogP contribution in [0.1, 0.15) is 71.1 Å². The Morgan fingerprint density at radius 1 is 1.10 bits per heavy atom. The van der Waals surface area contributed by atoms with Crippen molar-refractivity contribution in [1.82, 2.24) is 10.2 Å². The van der Waals surface area contributed by atoms with Crippen molar-refractivity contribution in [3.05, 3.63) is 0 Å². The lowest BCUT2D eigenvalue weighted by molar-refractivity contribution is 0.319. The Hall–Kier alpha value is -0.0800. The minimum absolute atomic E-state index is 0.621. The first kappa shape index (κ1) is 14.8. The molecule has 0 aromatic rings. The molecule has 1 N–H and O–H groups in total. The highest BCUT2D eigenvalue weighted by atomic mass is 15.3. The van der Waals surface area contributed by atoms with Gasteiger partial charge in [0, 0.05) is 19.3 Å². The van der Waals surface area contributed by atoms with E-state index in [-0.39, 0.29) is 0 Å². The first-order valence-electron chi connectivity index (χ1n) is 9.10. The van der Waals surface area contributed by atoms with Crippen molar-refractivity contribution in [2.45, 2.75) is 77.2 Å². The SMILES string of the molecule is CN1CNC([C@]2(C)CC2CCCCC2CCCCC2)C1. The molecule has 1 heterocycles. The standard InChI is InChI=1S/C18H34N2/c1-18(17-13-20(2)14-19-17)12-16(18)11-7-6-10-15-8-4-3-5-9-15/h15-17,19H,3-14H2,1-2H3/t16?,17?,18-/m1/s1. The van der Waals surface area contributed by atoms with Gasteiger partial charge in [-0.05, 0) is 37.1 Å². The van der Waals surface area contributed by atoms with Crippen LogP contribution in [0.2, 0.25) is 0 Å². The second-order valence-electron chi connectivity index (χ2n) is 8.15. The Labute approximate surface area is 125 Å². The van der Waals surface area contributed by atoms with Crippen LogP contribution < -0.4 is 5.32 Å². The van der Waals surface area contributed by atoms with Gasteiger partial charge in [-0.15, -0.1) is 0 Å². The van der Waals surface area contributed by atoms with E-state index >= 15 is 0 Å². The average molecular weight is 278 g/mol. The molecule has 3 fully saturated rings. The van der Waals surface area contributed by atoms with Gasteiger partial charge in [-0.2, -0.15) is 0 Å². The van der Waals surface area contributed by atoms with Gasteiger partial charge in [0.05, 0.1) is 0 Å². The fourth-order valence-corrected chi connectivity index (χ4v) is 4.78. The molecule has 0 amide bonds. The largest absolute Gasteiger partial charge is 0.300 e. The van der Waals surface area contributed by atoms with Gasteiger partial charge in [0.15, 0.2) is 0 Å². The molecule has 1 saturated heterocycles. The maximum atomic E-state index is 3.71. The lowest BCUT2D eigenvalue weighted by atomic mass is 9.85. The van der Waals surface area contributed by atoms with E-state index in [1.54, 1.807) is 0 Å². The van der Waals surface area contributed by atoms with Crippen LogP contribution in [0.25, 0.3) is 0 Å². The Balaban J connectivity index is 1.30. The first-order valence-corrected chi connectivity index (χ1v) is 9.10. The van der Waals surface area contributed by atoms with Crippen LogP contribution in [0, 0.1) is 17.3 Å². The maximum Gasteiger partial charge on any atom is 0.0481 e. The van der Waals surface area contributed by atoms with E-state index < -0.39 is 0 Å². The van der Waals surface area contributed by atoms with Crippen molar-refractivity contribution in [2.75, 3.05) is 20.3 Å². The molecule has 2 aliphatic carbocycles. The van der Waals surface area contributed by atoms with Crippen molar-refractivity contribution in [1.29, 1.82) is 0 Å². The Morgan fingerprint density at radius 2 is 1.85 bits per heavy atom. The highest BCUT2D eigenvalue weighted by Crippen LogP contribution is 2.57. The number of likely N-dealkylation sites (N-methyl/N-ethyl adjacent to an activating group) is 1. The summed E-state index contributed by atoms with van der Waals surface area (Å²) in [5.41, 5.74) is 0.621. The Morgan fingerprint density at radius 3 is 2.55 bits per heavy atom.